The van der Waals surface area contributed by atoms with E-state index in [1.54, 1.807) is 0 Å². The van der Waals surface area contributed by atoms with Crippen molar-refractivity contribution in [3.63, 3.8) is 0 Å². The summed E-state index contributed by atoms with van der Waals surface area (Å²) in [5.74, 6) is 3.71. The molecule has 1 aromatic rings. The summed E-state index contributed by atoms with van der Waals surface area (Å²) >= 11 is 4.22. The molecule has 1 aromatic heterocycles. The van der Waals surface area contributed by atoms with Gasteiger partial charge in [-0.2, -0.15) is 23.5 Å². The minimum absolute atomic E-state index is 0.359. The normalized spacial score (nSPS) is 27.0. The van der Waals surface area contributed by atoms with Gasteiger partial charge in [0.25, 0.3) is 0 Å². The lowest BCUT2D eigenvalue weighted by molar-refractivity contribution is 0.503. The second-order valence-electron chi connectivity index (χ2n) is 4.32. The van der Waals surface area contributed by atoms with Crippen molar-refractivity contribution < 1.29 is 0 Å². The van der Waals surface area contributed by atoms with Crippen molar-refractivity contribution in [3.8, 4) is 0 Å². The minimum atomic E-state index is 0.359. The third-order valence-electron chi connectivity index (χ3n) is 3.27. The number of hydrogen-bond acceptors (Lipinski definition) is 4. The number of aromatic nitrogens is 2. The van der Waals surface area contributed by atoms with Gasteiger partial charge in [-0.3, -0.25) is 0 Å². The number of aryl methyl sites for hydroxylation is 1. The number of thioether (sulfide) groups is 2. The summed E-state index contributed by atoms with van der Waals surface area (Å²) in [5, 5.41) is 4.83. The largest absolute Gasteiger partial charge is 0.337 e. The number of imidazole rings is 1. The van der Waals surface area contributed by atoms with Crippen LogP contribution in [0.2, 0.25) is 0 Å². The van der Waals surface area contributed by atoms with Crippen LogP contribution in [0, 0.1) is 0 Å². The van der Waals surface area contributed by atoms with Crippen molar-refractivity contribution in [2.45, 2.75) is 29.9 Å². The van der Waals surface area contributed by atoms with Gasteiger partial charge in [0.2, 0.25) is 0 Å². The van der Waals surface area contributed by atoms with Gasteiger partial charge in [-0.1, -0.05) is 6.92 Å². The van der Waals surface area contributed by atoms with Gasteiger partial charge in [0.05, 0.1) is 6.04 Å². The van der Waals surface area contributed by atoms with Crippen LogP contribution in [-0.2, 0) is 7.05 Å². The van der Waals surface area contributed by atoms with E-state index in [1.165, 1.54) is 17.9 Å². The van der Waals surface area contributed by atoms with E-state index in [2.05, 4.69) is 52.4 Å². The molecular weight excluding hydrogens is 250 g/mol. The Hall–Kier alpha value is -0.130. The molecular formula is C12H21N3S2. The zero-order valence-corrected chi connectivity index (χ0v) is 12.4. The fraction of sp³-hybridized carbons (Fsp3) is 0.750. The fourth-order valence-corrected chi connectivity index (χ4v) is 5.62. The van der Waals surface area contributed by atoms with Crippen LogP contribution in [-0.4, -0.2) is 38.6 Å². The molecule has 3 atom stereocenters. The van der Waals surface area contributed by atoms with E-state index in [0.717, 1.165) is 11.1 Å². The molecule has 1 aliphatic rings. The van der Waals surface area contributed by atoms with Gasteiger partial charge in [-0.05, 0) is 13.5 Å². The molecule has 1 N–H and O–H groups in total. The van der Waals surface area contributed by atoms with Gasteiger partial charge in [-0.25, -0.2) is 4.98 Å². The molecule has 0 radical (unpaired) electrons. The minimum Gasteiger partial charge on any atom is -0.337 e. The van der Waals surface area contributed by atoms with Gasteiger partial charge >= 0.3 is 0 Å². The lowest BCUT2D eigenvalue weighted by Gasteiger charge is -2.35. The lowest BCUT2D eigenvalue weighted by Crippen LogP contribution is -2.38. The SMILES string of the molecule is CCC1SCCSC1C(NC)c1nccn1C. The van der Waals surface area contributed by atoms with E-state index in [0.29, 0.717) is 11.3 Å². The Morgan fingerprint density at radius 3 is 2.88 bits per heavy atom. The predicted octanol–water partition coefficient (Wildman–Crippen LogP) is 2.31. The van der Waals surface area contributed by atoms with E-state index in [1.807, 2.05) is 19.4 Å². The molecule has 96 valence electrons. The van der Waals surface area contributed by atoms with Gasteiger partial charge in [0.15, 0.2) is 0 Å². The van der Waals surface area contributed by atoms with Gasteiger partial charge in [0, 0.05) is 41.4 Å². The molecule has 0 amide bonds. The van der Waals surface area contributed by atoms with Crippen molar-refractivity contribution in [3.05, 3.63) is 18.2 Å². The number of nitrogens with one attached hydrogen (secondary N) is 1. The number of nitrogens with zero attached hydrogens (tertiary/aromatic N) is 2. The summed E-state index contributed by atoms with van der Waals surface area (Å²) in [4.78, 5) is 4.51. The summed E-state index contributed by atoms with van der Waals surface area (Å²) in [6.07, 6.45) is 5.16. The monoisotopic (exact) mass is 271 g/mol. The van der Waals surface area contributed by atoms with E-state index in [-0.39, 0.29) is 0 Å². The third kappa shape index (κ3) is 2.83. The summed E-state index contributed by atoms with van der Waals surface area (Å²) < 4.78 is 2.13. The van der Waals surface area contributed by atoms with Crippen LogP contribution in [0.15, 0.2) is 12.4 Å². The highest BCUT2D eigenvalue weighted by atomic mass is 32.2. The topological polar surface area (TPSA) is 29.9 Å². The van der Waals surface area contributed by atoms with Crippen LogP contribution < -0.4 is 5.32 Å². The smallest absolute Gasteiger partial charge is 0.126 e. The van der Waals surface area contributed by atoms with E-state index < -0.39 is 0 Å². The Labute approximate surface area is 112 Å². The van der Waals surface area contributed by atoms with Crippen molar-refractivity contribution >= 4 is 23.5 Å². The summed E-state index contributed by atoms with van der Waals surface area (Å²) in [5.41, 5.74) is 0. The maximum Gasteiger partial charge on any atom is 0.126 e. The molecule has 1 fully saturated rings. The van der Waals surface area contributed by atoms with Gasteiger partial charge in [-0.15, -0.1) is 0 Å². The molecule has 2 heterocycles. The molecule has 17 heavy (non-hydrogen) atoms. The molecule has 0 aromatic carbocycles. The zero-order chi connectivity index (χ0) is 12.3. The molecule has 5 heteroatoms. The van der Waals surface area contributed by atoms with E-state index in [4.69, 9.17) is 0 Å². The maximum absolute atomic E-state index is 4.51. The van der Waals surface area contributed by atoms with Crippen molar-refractivity contribution in [1.29, 1.82) is 0 Å². The Morgan fingerprint density at radius 2 is 2.29 bits per heavy atom. The second kappa shape index (κ2) is 6.16. The average molecular weight is 271 g/mol. The molecule has 0 spiro atoms. The molecule has 0 aliphatic carbocycles. The standard InChI is InChI=1S/C12H21N3S2/c1-4-9-11(17-8-7-16-9)10(13-2)12-14-5-6-15(12)3/h5-6,9-11,13H,4,7-8H2,1-3H3. The summed E-state index contributed by atoms with van der Waals surface area (Å²) in [7, 11) is 4.13. The molecule has 2 rings (SSSR count). The van der Waals surface area contributed by atoms with Crippen LogP contribution in [0.1, 0.15) is 25.2 Å². The lowest BCUT2D eigenvalue weighted by atomic mass is 10.1. The summed E-state index contributed by atoms with van der Waals surface area (Å²) in [6.45, 7) is 2.29. The second-order valence-corrected chi connectivity index (χ2v) is 6.95. The first-order valence-electron chi connectivity index (χ1n) is 6.15. The first-order valence-corrected chi connectivity index (χ1v) is 8.25. The molecule has 3 unspecified atom stereocenters. The average Bonchev–Trinajstić information content (AvgIpc) is 2.78. The zero-order valence-electron chi connectivity index (χ0n) is 10.7. The highest BCUT2D eigenvalue weighted by Gasteiger charge is 2.33. The van der Waals surface area contributed by atoms with Crippen molar-refractivity contribution in [1.82, 2.24) is 14.9 Å². The van der Waals surface area contributed by atoms with Crippen LogP contribution in [0.4, 0.5) is 0 Å². The van der Waals surface area contributed by atoms with Crippen molar-refractivity contribution in [2.24, 2.45) is 7.05 Å². The predicted molar refractivity (Wildman–Crippen MR) is 77.8 cm³/mol. The number of hydrogen-bond donors (Lipinski definition) is 1. The Bertz CT molecular complexity index is 353. The first kappa shape index (κ1) is 13.3. The maximum atomic E-state index is 4.51. The van der Waals surface area contributed by atoms with Crippen LogP contribution >= 0.6 is 23.5 Å². The molecule has 3 nitrogen and oxygen atoms in total. The Balaban J connectivity index is 2.19. The Kier molecular flexibility index (Phi) is 4.82. The number of rotatable bonds is 4. The quantitative estimate of drug-likeness (QED) is 0.910. The van der Waals surface area contributed by atoms with Crippen LogP contribution in [0.25, 0.3) is 0 Å². The summed E-state index contributed by atoms with van der Waals surface area (Å²) in [6, 6.07) is 0.359. The van der Waals surface area contributed by atoms with E-state index in [9.17, 15) is 0 Å². The molecule has 1 aliphatic heterocycles. The van der Waals surface area contributed by atoms with Crippen molar-refractivity contribution in [2.75, 3.05) is 18.6 Å². The van der Waals surface area contributed by atoms with Gasteiger partial charge in [0.1, 0.15) is 5.82 Å². The fourth-order valence-electron chi connectivity index (χ4n) is 2.36. The molecule has 1 saturated heterocycles. The van der Waals surface area contributed by atoms with Gasteiger partial charge < -0.3 is 9.88 Å². The third-order valence-corrected chi connectivity index (χ3v) is 6.62. The molecule has 0 bridgehead atoms. The van der Waals surface area contributed by atoms with E-state index >= 15 is 0 Å². The first-order chi connectivity index (χ1) is 8.27. The van der Waals surface area contributed by atoms with Crippen LogP contribution in [0.3, 0.4) is 0 Å². The highest BCUT2D eigenvalue weighted by Crippen LogP contribution is 2.39. The molecule has 0 saturated carbocycles. The Morgan fingerprint density at radius 1 is 1.53 bits per heavy atom. The van der Waals surface area contributed by atoms with Crippen LogP contribution in [0.5, 0.6) is 0 Å². The highest BCUT2D eigenvalue weighted by molar-refractivity contribution is 8.07.